The van der Waals surface area contributed by atoms with Crippen molar-refractivity contribution in [2.75, 3.05) is 37.0 Å². The summed E-state index contributed by atoms with van der Waals surface area (Å²) in [5.74, 6) is -1.42. The molecule has 0 bridgehead atoms. The zero-order valence-corrected chi connectivity index (χ0v) is 21.2. The maximum atomic E-state index is 15.3. The van der Waals surface area contributed by atoms with Crippen LogP contribution in [0.4, 0.5) is 20.2 Å². The Labute approximate surface area is 218 Å². The van der Waals surface area contributed by atoms with E-state index in [0.29, 0.717) is 35.6 Å². The second-order valence-electron chi connectivity index (χ2n) is 9.09. The first-order valence-corrected chi connectivity index (χ1v) is 12.1. The summed E-state index contributed by atoms with van der Waals surface area (Å²) in [4.78, 5) is 23.8. The number of hydrogen-bond donors (Lipinski definition) is 2. The zero-order valence-electron chi connectivity index (χ0n) is 21.2. The molecular weight excluding hydrogens is 492 g/mol. The van der Waals surface area contributed by atoms with Crippen molar-refractivity contribution in [1.29, 1.82) is 0 Å². The predicted octanol–water partition coefficient (Wildman–Crippen LogP) is 3.88. The minimum Gasteiger partial charge on any atom is -0.496 e. The number of aromatic nitrogens is 4. The standard InChI is InChI=1S/C27H27F2N7O2/c1-16-14-36(10-9-30-16)23-11-18(17-13-32-35(2)15-17)20(29)12-22(23)34-27(37)21-7-8-31-26(33-21)25-19(28)5-4-6-24(25)38-3/h4-8,11-13,15-16,30H,9-10,14H2,1-3H3,(H,34,37)/t16-/m0/s1. The van der Waals surface area contributed by atoms with Crippen LogP contribution in [0, 0.1) is 11.6 Å². The third-order valence-corrected chi connectivity index (χ3v) is 6.37. The summed E-state index contributed by atoms with van der Waals surface area (Å²) >= 11 is 0. The largest absolute Gasteiger partial charge is 0.496 e. The fourth-order valence-corrected chi connectivity index (χ4v) is 4.54. The molecule has 9 nitrogen and oxygen atoms in total. The van der Waals surface area contributed by atoms with Crippen LogP contribution >= 0.6 is 0 Å². The van der Waals surface area contributed by atoms with E-state index < -0.39 is 17.5 Å². The lowest BCUT2D eigenvalue weighted by atomic mass is 10.0. The monoisotopic (exact) mass is 519 g/mol. The molecule has 2 aromatic carbocycles. The van der Waals surface area contributed by atoms with Crippen molar-refractivity contribution in [2.45, 2.75) is 13.0 Å². The van der Waals surface area contributed by atoms with Gasteiger partial charge < -0.3 is 20.3 Å². The molecule has 1 amide bonds. The Balaban J connectivity index is 1.51. The molecule has 1 saturated heterocycles. The Morgan fingerprint density at radius 3 is 2.79 bits per heavy atom. The number of carbonyl (C=O) groups excluding carboxylic acids is 1. The first-order chi connectivity index (χ1) is 18.3. The first-order valence-electron chi connectivity index (χ1n) is 12.1. The summed E-state index contributed by atoms with van der Waals surface area (Å²) in [5, 5.41) is 10.4. The average Bonchev–Trinajstić information content (AvgIpc) is 3.34. The number of anilines is 2. The van der Waals surface area contributed by atoms with Crippen LogP contribution in [0.3, 0.4) is 0 Å². The van der Waals surface area contributed by atoms with Crippen molar-refractivity contribution < 1.29 is 18.3 Å². The third kappa shape index (κ3) is 5.05. The van der Waals surface area contributed by atoms with E-state index in [1.807, 2.05) is 0 Å². The second kappa shape index (κ2) is 10.5. The number of nitrogens with zero attached hydrogens (tertiary/aromatic N) is 5. The summed E-state index contributed by atoms with van der Waals surface area (Å²) < 4.78 is 36.8. The number of amides is 1. The highest BCUT2D eigenvalue weighted by Crippen LogP contribution is 2.35. The molecule has 38 heavy (non-hydrogen) atoms. The van der Waals surface area contributed by atoms with Gasteiger partial charge in [0.25, 0.3) is 5.91 Å². The number of hydrogen-bond acceptors (Lipinski definition) is 7. The molecule has 4 aromatic rings. The zero-order chi connectivity index (χ0) is 26.8. The summed E-state index contributed by atoms with van der Waals surface area (Å²) in [6.07, 6.45) is 4.70. The summed E-state index contributed by atoms with van der Waals surface area (Å²) in [7, 11) is 3.18. The van der Waals surface area contributed by atoms with Crippen molar-refractivity contribution in [2.24, 2.45) is 7.05 Å². The topological polar surface area (TPSA) is 97.2 Å². The van der Waals surface area contributed by atoms with Gasteiger partial charge in [0.2, 0.25) is 0 Å². The number of rotatable bonds is 6. The van der Waals surface area contributed by atoms with E-state index in [0.717, 1.165) is 6.54 Å². The Hall–Kier alpha value is -4.38. The molecule has 0 saturated carbocycles. The van der Waals surface area contributed by atoms with Crippen LogP contribution in [0.15, 0.2) is 55.0 Å². The number of nitrogens with one attached hydrogen (secondary N) is 2. The molecule has 0 unspecified atom stereocenters. The van der Waals surface area contributed by atoms with Crippen LogP contribution in [-0.2, 0) is 7.05 Å². The van der Waals surface area contributed by atoms with Gasteiger partial charge >= 0.3 is 0 Å². The lowest BCUT2D eigenvalue weighted by Crippen LogP contribution is -2.49. The normalized spacial score (nSPS) is 15.4. The van der Waals surface area contributed by atoms with E-state index in [9.17, 15) is 9.18 Å². The SMILES string of the molecule is COc1cccc(F)c1-c1nccc(C(=O)Nc2cc(F)c(-c3cnn(C)c3)cc2N2CCN[C@@H](C)C2)n1. The fourth-order valence-electron chi connectivity index (χ4n) is 4.54. The van der Waals surface area contributed by atoms with Crippen LogP contribution in [0.25, 0.3) is 22.5 Å². The molecule has 1 fully saturated rings. The van der Waals surface area contributed by atoms with Gasteiger partial charge in [-0.3, -0.25) is 9.48 Å². The molecule has 0 aliphatic carbocycles. The minimum absolute atomic E-state index is 0.00172. The van der Waals surface area contributed by atoms with Gasteiger partial charge in [-0.15, -0.1) is 0 Å². The van der Waals surface area contributed by atoms with Crippen molar-refractivity contribution in [1.82, 2.24) is 25.1 Å². The molecule has 0 radical (unpaired) electrons. The van der Waals surface area contributed by atoms with E-state index in [4.69, 9.17) is 4.74 Å². The van der Waals surface area contributed by atoms with Gasteiger partial charge in [0.15, 0.2) is 5.82 Å². The van der Waals surface area contributed by atoms with Crippen molar-refractivity contribution >= 4 is 17.3 Å². The molecule has 1 atom stereocenters. The van der Waals surface area contributed by atoms with Gasteiger partial charge in [0, 0.05) is 62.3 Å². The van der Waals surface area contributed by atoms with E-state index in [-0.39, 0.29) is 28.9 Å². The summed E-state index contributed by atoms with van der Waals surface area (Å²) in [6, 6.07) is 9.03. The smallest absolute Gasteiger partial charge is 0.274 e. The van der Waals surface area contributed by atoms with Crippen LogP contribution in [-0.4, -0.2) is 58.4 Å². The maximum Gasteiger partial charge on any atom is 0.274 e. The number of aryl methyl sites for hydroxylation is 1. The summed E-state index contributed by atoms with van der Waals surface area (Å²) in [6.45, 7) is 4.16. The molecule has 2 N–H and O–H groups in total. The van der Waals surface area contributed by atoms with Crippen LogP contribution in [0.2, 0.25) is 0 Å². The summed E-state index contributed by atoms with van der Waals surface area (Å²) in [5.41, 5.74) is 2.04. The van der Waals surface area contributed by atoms with Gasteiger partial charge in [0.05, 0.1) is 30.2 Å². The average molecular weight is 520 g/mol. The quantitative estimate of drug-likeness (QED) is 0.399. The van der Waals surface area contributed by atoms with Crippen molar-refractivity contribution in [3.05, 3.63) is 72.3 Å². The highest BCUT2D eigenvalue weighted by Gasteiger charge is 2.24. The van der Waals surface area contributed by atoms with Gasteiger partial charge in [-0.05, 0) is 31.2 Å². The van der Waals surface area contributed by atoms with Crippen LogP contribution in [0.5, 0.6) is 5.75 Å². The Morgan fingerprint density at radius 1 is 1.21 bits per heavy atom. The molecule has 2 aromatic heterocycles. The molecule has 11 heteroatoms. The molecule has 5 rings (SSSR count). The second-order valence-corrected chi connectivity index (χ2v) is 9.09. The Morgan fingerprint density at radius 2 is 2.05 bits per heavy atom. The first kappa shape index (κ1) is 25.3. The number of methoxy groups -OCH3 is 1. The maximum absolute atomic E-state index is 15.3. The van der Waals surface area contributed by atoms with Gasteiger partial charge in [-0.2, -0.15) is 5.10 Å². The Bertz CT molecular complexity index is 1490. The number of carbonyl (C=O) groups is 1. The molecular formula is C27H27F2N7O2. The molecule has 1 aliphatic rings. The molecule has 3 heterocycles. The minimum atomic E-state index is -0.582. The van der Waals surface area contributed by atoms with Gasteiger partial charge in [-0.1, -0.05) is 6.07 Å². The number of halogens is 2. The van der Waals surface area contributed by atoms with Crippen molar-refractivity contribution in [3.8, 4) is 28.3 Å². The third-order valence-electron chi connectivity index (χ3n) is 6.37. The van der Waals surface area contributed by atoms with E-state index in [1.165, 1.54) is 37.6 Å². The van der Waals surface area contributed by atoms with E-state index >= 15 is 4.39 Å². The lowest BCUT2D eigenvalue weighted by Gasteiger charge is -2.35. The van der Waals surface area contributed by atoms with Gasteiger partial charge in [0.1, 0.15) is 23.1 Å². The number of ether oxygens (including phenoxy) is 1. The molecule has 1 aliphatic heterocycles. The van der Waals surface area contributed by atoms with E-state index in [2.05, 4.69) is 37.5 Å². The highest BCUT2D eigenvalue weighted by atomic mass is 19.1. The lowest BCUT2D eigenvalue weighted by molar-refractivity contribution is 0.102. The van der Waals surface area contributed by atoms with Gasteiger partial charge in [-0.25, -0.2) is 18.7 Å². The molecule has 196 valence electrons. The fraction of sp³-hybridized carbons (Fsp3) is 0.259. The van der Waals surface area contributed by atoms with E-state index in [1.54, 1.807) is 36.3 Å². The number of benzene rings is 2. The van der Waals surface area contributed by atoms with Crippen LogP contribution < -0.4 is 20.3 Å². The Kier molecular flexibility index (Phi) is 7.01. The predicted molar refractivity (Wildman–Crippen MR) is 140 cm³/mol. The van der Waals surface area contributed by atoms with Crippen LogP contribution in [0.1, 0.15) is 17.4 Å². The van der Waals surface area contributed by atoms with Crippen molar-refractivity contribution in [3.63, 3.8) is 0 Å². The molecule has 0 spiro atoms. The number of piperazine rings is 1. The highest BCUT2D eigenvalue weighted by molar-refractivity contribution is 6.05.